The van der Waals surface area contributed by atoms with Gasteiger partial charge in [0.1, 0.15) is 11.4 Å². The van der Waals surface area contributed by atoms with Crippen molar-refractivity contribution in [1.29, 1.82) is 0 Å². The van der Waals surface area contributed by atoms with Crippen LogP contribution in [0.3, 0.4) is 0 Å². The Hall–Kier alpha value is -2.20. The van der Waals surface area contributed by atoms with Gasteiger partial charge in [0, 0.05) is 12.4 Å². The summed E-state index contributed by atoms with van der Waals surface area (Å²) in [6, 6.07) is 5.72. The van der Waals surface area contributed by atoms with Crippen LogP contribution in [0.2, 0.25) is 0 Å². The molecule has 0 aromatic carbocycles. The summed E-state index contributed by atoms with van der Waals surface area (Å²) in [6.45, 7) is 1.72. The van der Waals surface area contributed by atoms with Crippen molar-refractivity contribution >= 4 is 36.2 Å². The van der Waals surface area contributed by atoms with E-state index < -0.39 is 0 Å². The molecule has 0 radical (unpaired) electrons. The van der Waals surface area contributed by atoms with E-state index >= 15 is 0 Å². The van der Waals surface area contributed by atoms with Crippen LogP contribution in [-0.4, -0.2) is 58.2 Å². The van der Waals surface area contributed by atoms with Crippen LogP contribution in [0.4, 0.5) is 0 Å². The van der Waals surface area contributed by atoms with Crippen molar-refractivity contribution in [2.75, 3.05) is 26.2 Å². The predicted octanol–water partition coefficient (Wildman–Crippen LogP) is 1.60. The predicted molar refractivity (Wildman–Crippen MR) is 109 cm³/mol. The number of rotatable bonds is 5. The van der Waals surface area contributed by atoms with E-state index in [9.17, 15) is 5.11 Å². The zero-order valence-corrected chi connectivity index (χ0v) is 16.0. The molecule has 7 nitrogen and oxygen atoms in total. The Morgan fingerprint density at radius 2 is 2.28 bits per heavy atom. The zero-order valence-electron chi connectivity index (χ0n) is 13.7. The molecule has 0 atom stereocenters. The lowest BCUT2D eigenvalue weighted by atomic mass is 10.3. The van der Waals surface area contributed by atoms with Crippen molar-refractivity contribution in [3.05, 3.63) is 71.7 Å². The van der Waals surface area contributed by atoms with Crippen molar-refractivity contribution in [3.8, 4) is 0 Å². The van der Waals surface area contributed by atoms with Crippen LogP contribution < -0.4 is 5.32 Å². The molecule has 0 fully saturated rings. The first kappa shape index (κ1) is 19.1. The Labute approximate surface area is 164 Å². The normalized spacial score (nSPS) is 17.6. The van der Waals surface area contributed by atoms with Crippen molar-refractivity contribution in [2.24, 2.45) is 4.99 Å². The maximum Gasteiger partial charge on any atom is 0.213 e. The third kappa shape index (κ3) is 5.40. The summed E-state index contributed by atoms with van der Waals surface area (Å²) in [6.07, 6.45) is 13.2. The highest BCUT2D eigenvalue weighted by Crippen LogP contribution is 2.10. The van der Waals surface area contributed by atoms with E-state index in [2.05, 4.69) is 20.6 Å². The summed E-state index contributed by atoms with van der Waals surface area (Å²) < 4.78 is 1.86. The molecular formula is C17H21IN6O. The fraction of sp³-hybridized carbons (Fsp3) is 0.235. The summed E-state index contributed by atoms with van der Waals surface area (Å²) >= 11 is 0. The molecule has 0 spiro atoms. The van der Waals surface area contributed by atoms with Crippen molar-refractivity contribution < 1.29 is 9.79 Å². The fourth-order valence-electron chi connectivity index (χ4n) is 2.32. The van der Waals surface area contributed by atoms with Gasteiger partial charge >= 0.3 is 0 Å². The van der Waals surface area contributed by atoms with Gasteiger partial charge in [-0.3, -0.25) is 4.98 Å². The van der Waals surface area contributed by atoms with Gasteiger partial charge < -0.3 is 20.7 Å². The molecule has 132 valence electrons. The molecule has 1 aromatic rings. The SMILES string of the molecule is I.OCCN(C1=NCC[N-]1)[N+](/C=C1/C=CC=CN1)=C\c1ccccn1. The number of nitrogens with zero attached hydrogens (tertiary/aromatic N) is 5. The first-order chi connectivity index (χ1) is 11.9. The van der Waals surface area contributed by atoms with E-state index in [4.69, 9.17) is 0 Å². The van der Waals surface area contributed by atoms with Gasteiger partial charge in [-0.15, -0.1) is 28.7 Å². The number of allylic oxidation sites excluding steroid dienone is 3. The minimum Gasteiger partial charge on any atom is -0.396 e. The van der Waals surface area contributed by atoms with Gasteiger partial charge in [0.15, 0.2) is 0 Å². The highest BCUT2D eigenvalue weighted by Gasteiger charge is 2.17. The molecular weight excluding hydrogens is 431 g/mol. The number of aliphatic hydroxyl groups excluding tert-OH is 1. The number of hydrazine groups is 1. The van der Waals surface area contributed by atoms with E-state index in [1.807, 2.05) is 64.7 Å². The number of dihydropyridines is 1. The summed E-state index contributed by atoms with van der Waals surface area (Å²) in [5.74, 6) is 0.614. The summed E-state index contributed by atoms with van der Waals surface area (Å²) in [4.78, 5) is 8.75. The van der Waals surface area contributed by atoms with E-state index in [0.717, 1.165) is 11.4 Å². The highest BCUT2D eigenvalue weighted by atomic mass is 127. The number of hydrogen-bond acceptors (Lipinski definition) is 5. The molecule has 2 N–H and O–H groups in total. The maximum absolute atomic E-state index is 9.46. The van der Waals surface area contributed by atoms with Gasteiger partial charge in [0.05, 0.1) is 19.1 Å². The number of halogens is 1. The number of aliphatic hydroxyl groups is 1. The standard InChI is InChI=1S/C17H20N6O.HI/c24-12-11-23(17-20-9-10-21-17)22(13-15-5-1-3-7-18-15)14-16-6-2-4-8-19-16;/h1-8,13-14,18,24H,9-12H2;1H/b15-13-,22-14-;. The lowest BCUT2D eigenvalue weighted by Crippen LogP contribution is -2.40. The molecule has 2 aliphatic heterocycles. The zero-order chi connectivity index (χ0) is 16.6. The van der Waals surface area contributed by atoms with E-state index in [1.165, 1.54) is 0 Å². The van der Waals surface area contributed by atoms with Gasteiger partial charge in [-0.2, -0.15) is 0 Å². The third-order valence-corrected chi connectivity index (χ3v) is 3.38. The number of aliphatic imine (C=N–C) groups is 1. The minimum atomic E-state index is -0.00651. The number of nitrogens with one attached hydrogen (secondary N) is 1. The molecule has 3 heterocycles. The van der Waals surface area contributed by atoms with Gasteiger partial charge in [-0.1, -0.05) is 12.1 Å². The second kappa shape index (κ2) is 9.94. The lowest BCUT2D eigenvalue weighted by Gasteiger charge is -2.25. The van der Waals surface area contributed by atoms with Gasteiger partial charge in [-0.25, -0.2) is 5.01 Å². The Morgan fingerprint density at radius 3 is 2.92 bits per heavy atom. The van der Waals surface area contributed by atoms with Crippen LogP contribution in [-0.2, 0) is 0 Å². The van der Waals surface area contributed by atoms with Gasteiger partial charge in [0.25, 0.3) is 0 Å². The number of hydrogen-bond donors (Lipinski definition) is 2. The smallest absolute Gasteiger partial charge is 0.213 e. The Morgan fingerprint density at radius 1 is 1.36 bits per heavy atom. The quantitative estimate of drug-likeness (QED) is 0.308. The van der Waals surface area contributed by atoms with E-state index in [1.54, 1.807) is 6.20 Å². The van der Waals surface area contributed by atoms with Crippen molar-refractivity contribution in [2.45, 2.75) is 0 Å². The molecule has 0 saturated carbocycles. The molecule has 25 heavy (non-hydrogen) atoms. The molecule has 0 amide bonds. The molecule has 0 unspecified atom stereocenters. The van der Waals surface area contributed by atoms with E-state index in [-0.39, 0.29) is 30.6 Å². The molecule has 0 bridgehead atoms. The topological polar surface area (TPSA) is 77.9 Å². The molecule has 2 aliphatic rings. The Balaban J connectivity index is 0.00000225. The van der Waals surface area contributed by atoms with Crippen molar-refractivity contribution in [3.63, 3.8) is 0 Å². The third-order valence-electron chi connectivity index (χ3n) is 3.38. The van der Waals surface area contributed by atoms with E-state index in [0.29, 0.717) is 25.6 Å². The average molecular weight is 452 g/mol. The van der Waals surface area contributed by atoms with Crippen molar-refractivity contribution in [1.82, 2.24) is 15.3 Å². The average Bonchev–Trinajstić information content (AvgIpc) is 3.15. The summed E-state index contributed by atoms with van der Waals surface area (Å²) in [5, 5.41) is 18.9. The number of hydrazone groups is 1. The Bertz CT molecular complexity index is 711. The lowest BCUT2D eigenvalue weighted by molar-refractivity contribution is -0.606. The van der Waals surface area contributed by atoms with Crippen LogP contribution in [0.15, 0.2) is 65.7 Å². The fourth-order valence-corrected chi connectivity index (χ4v) is 2.32. The van der Waals surface area contributed by atoms with Crippen LogP contribution in [0, 0.1) is 0 Å². The second-order valence-electron chi connectivity index (χ2n) is 5.12. The number of guanidine groups is 1. The molecule has 1 aromatic heterocycles. The second-order valence-corrected chi connectivity index (χ2v) is 5.12. The number of aromatic nitrogens is 1. The molecule has 0 saturated heterocycles. The monoisotopic (exact) mass is 452 g/mol. The molecule has 8 heteroatoms. The van der Waals surface area contributed by atoms with Crippen LogP contribution in [0.25, 0.3) is 5.32 Å². The highest BCUT2D eigenvalue weighted by molar-refractivity contribution is 14.0. The minimum absolute atomic E-state index is 0. The first-order valence-corrected chi connectivity index (χ1v) is 7.83. The molecule has 0 aliphatic carbocycles. The van der Waals surface area contributed by atoms with Crippen LogP contribution in [0.1, 0.15) is 5.69 Å². The maximum atomic E-state index is 9.46. The number of pyridine rings is 1. The van der Waals surface area contributed by atoms with Gasteiger partial charge in [-0.05, 0) is 37.4 Å². The van der Waals surface area contributed by atoms with Crippen LogP contribution in [0.5, 0.6) is 0 Å². The van der Waals surface area contributed by atoms with Crippen LogP contribution >= 0.6 is 24.0 Å². The Kier molecular flexibility index (Phi) is 7.61. The largest absolute Gasteiger partial charge is 0.396 e. The first-order valence-electron chi connectivity index (χ1n) is 7.83. The molecule has 3 rings (SSSR count). The summed E-state index contributed by atoms with van der Waals surface area (Å²) in [7, 11) is 0. The summed E-state index contributed by atoms with van der Waals surface area (Å²) in [5.41, 5.74) is 1.71. The van der Waals surface area contributed by atoms with Gasteiger partial charge in [0.2, 0.25) is 12.4 Å².